The van der Waals surface area contributed by atoms with Crippen LogP contribution in [0, 0.1) is 0 Å². The second-order valence-electron chi connectivity index (χ2n) is 6.88. The Balaban J connectivity index is 1.75. The summed E-state index contributed by atoms with van der Waals surface area (Å²) in [5, 5.41) is 12.2. The molecule has 1 aromatic heterocycles. The van der Waals surface area contributed by atoms with Crippen LogP contribution in [-0.2, 0) is 27.2 Å². The van der Waals surface area contributed by atoms with Crippen LogP contribution in [0.5, 0.6) is 0 Å². The van der Waals surface area contributed by atoms with E-state index in [4.69, 9.17) is 0 Å². The first-order chi connectivity index (χ1) is 13.5. The summed E-state index contributed by atoms with van der Waals surface area (Å²) < 4.78 is 0. The molecule has 0 aliphatic carbocycles. The van der Waals surface area contributed by atoms with Gasteiger partial charge in [-0.3, -0.25) is 14.6 Å². The number of carboxylic acid groups (broad SMARTS) is 1. The van der Waals surface area contributed by atoms with Gasteiger partial charge in [-0.1, -0.05) is 36.4 Å². The maximum Gasteiger partial charge on any atom is 0.326 e. The molecular formula is C21H23N3O4. The number of likely N-dealkylation sites (tertiary alicyclic amines) is 1. The summed E-state index contributed by atoms with van der Waals surface area (Å²) in [7, 11) is 0. The molecule has 1 aliphatic rings. The van der Waals surface area contributed by atoms with Crippen LogP contribution < -0.4 is 5.32 Å². The molecule has 7 heteroatoms. The van der Waals surface area contributed by atoms with Crippen molar-refractivity contribution in [2.75, 3.05) is 6.54 Å². The lowest BCUT2D eigenvalue weighted by atomic mass is 10.0. The molecule has 0 unspecified atom stereocenters. The van der Waals surface area contributed by atoms with Gasteiger partial charge in [0.15, 0.2) is 0 Å². The zero-order chi connectivity index (χ0) is 19.9. The molecule has 1 aliphatic heterocycles. The quantitative estimate of drug-likeness (QED) is 0.756. The minimum atomic E-state index is -1.01. The smallest absolute Gasteiger partial charge is 0.326 e. The van der Waals surface area contributed by atoms with Gasteiger partial charge in [-0.05, 0) is 30.0 Å². The van der Waals surface area contributed by atoms with Gasteiger partial charge in [-0.2, -0.15) is 0 Å². The van der Waals surface area contributed by atoms with Crippen molar-refractivity contribution < 1.29 is 19.5 Å². The molecule has 0 saturated carbocycles. The molecule has 2 aromatic rings. The molecule has 28 heavy (non-hydrogen) atoms. The van der Waals surface area contributed by atoms with E-state index in [0.29, 0.717) is 25.8 Å². The molecule has 0 bridgehead atoms. The number of benzene rings is 1. The molecule has 1 aromatic carbocycles. The molecule has 2 amide bonds. The van der Waals surface area contributed by atoms with Gasteiger partial charge in [0.2, 0.25) is 11.8 Å². The standard InChI is InChI=1S/C21H23N3O4/c25-19(13-16-8-4-10-22-14-16)23-17(12-15-6-2-1-3-7-15)20(26)24-11-5-9-18(24)21(27)28/h1-4,6-8,10,14,17-18H,5,9,11-13H2,(H,23,25)(H,27,28)/t17-,18+/m1/s1. The van der Waals surface area contributed by atoms with Crippen LogP contribution >= 0.6 is 0 Å². The molecule has 146 valence electrons. The second-order valence-corrected chi connectivity index (χ2v) is 6.88. The first-order valence-corrected chi connectivity index (χ1v) is 9.30. The molecular weight excluding hydrogens is 358 g/mol. The maximum atomic E-state index is 13.1. The Morgan fingerprint density at radius 2 is 1.89 bits per heavy atom. The van der Waals surface area contributed by atoms with Crippen LogP contribution in [0.15, 0.2) is 54.9 Å². The fourth-order valence-electron chi connectivity index (χ4n) is 3.47. The minimum Gasteiger partial charge on any atom is -0.480 e. The molecule has 7 nitrogen and oxygen atoms in total. The average Bonchev–Trinajstić information content (AvgIpc) is 3.18. The number of rotatable bonds is 7. The highest BCUT2D eigenvalue weighted by Crippen LogP contribution is 2.19. The van der Waals surface area contributed by atoms with Gasteiger partial charge in [-0.15, -0.1) is 0 Å². The van der Waals surface area contributed by atoms with Crippen molar-refractivity contribution in [1.29, 1.82) is 0 Å². The van der Waals surface area contributed by atoms with Crippen LogP contribution in [0.2, 0.25) is 0 Å². The normalized spacial score (nSPS) is 17.1. The second kappa shape index (κ2) is 9.12. The van der Waals surface area contributed by atoms with E-state index in [1.165, 1.54) is 4.90 Å². The number of amides is 2. The lowest BCUT2D eigenvalue weighted by molar-refractivity contribution is -0.149. The average molecular weight is 381 g/mol. The first kappa shape index (κ1) is 19.5. The van der Waals surface area contributed by atoms with E-state index in [2.05, 4.69) is 10.3 Å². The number of hydrogen-bond donors (Lipinski definition) is 2. The molecule has 3 rings (SSSR count). The van der Waals surface area contributed by atoms with Crippen molar-refractivity contribution in [1.82, 2.24) is 15.2 Å². The summed E-state index contributed by atoms with van der Waals surface area (Å²) in [4.78, 5) is 42.4. The van der Waals surface area contributed by atoms with Gasteiger partial charge in [0, 0.05) is 25.4 Å². The number of carbonyl (C=O) groups is 3. The number of aliphatic carboxylic acids is 1. The highest BCUT2D eigenvalue weighted by atomic mass is 16.4. The van der Waals surface area contributed by atoms with Crippen molar-refractivity contribution in [3.63, 3.8) is 0 Å². The highest BCUT2D eigenvalue weighted by Gasteiger charge is 2.37. The van der Waals surface area contributed by atoms with Crippen LogP contribution in [0.1, 0.15) is 24.0 Å². The van der Waals surface area contributed by atoms with Crippen molar-refractivity contribution in [2.45, 2.75) is 37.8 Å². The van der Waals surface area contributed by atoms with Gasteiger partial charge >= 0.3 is 5.97 Å². The molecule has 2 atom stereocenters. The number of carboxylic acids is 1. The SMILES string of the molecule is O=C(Cc1cccnc1)N[C@H](Cc1ccccc1)C(=O)N1CCC[C@H]1C(=O)O. The Morgan fingerprint density at radius 1 is 1.14 bits per heavy atom. The zero-order valence-electron chi connectivity index (χ0n) is 15.5. The Labute approximate surface area is 163 Å². The Hall–Kier alpha value is -3.22. The number of pyridine rings is 1. The van der Waals surface area contributed by atoms with Gasteiger partial charge in [0.05, 0.1) is 6.42 Å². The van der Waals surface area contributed by atoms with Gasteiger partial charge in [-0.25, -0.2) is 4.79 Å². The van der Waals surface area contributed by atoms with Crippen LogP contribution in [0.25, 0.3) is 0 Å². The van der Waals surface area contributed by atoms with Gasteiger partial charge in [0.25, 0.3) is 0 Å². The molecule has 1 saturated heterocycles. The summed E-state index contributed by atoms with van der Waals surface area (Å²) in [5.41, 5.74) is 1.64. The minimum absolute atomic E-state index is 0.106. The van der Waals surface area contributed by atoms with E-state index in [9.17, 15) is 19.5 Å². The Bertz CT molecular complexity index is 826. The van der Waals surface area contributed by atoms with Gasteiger partial charge in [0.1, 0.15) is 12.1 Å². The lowest BCUT2D eigenvalue weighted by Gasteiger charge is -2.27. The van der Waals surface area contributed by atoms with Crippen molar-refractivity contribution in [3.05, 3.63) is 66.0 Å². The summed E-state index contributed by atoms with van der Waals surface area (Å²) in [6, 6.07) is 11.3. The number of aromatic nitrogens is 1. The molecule has 0 spiro atoms. The molecule has 0 radical (unpaired) electrons. The first-order valence-electron chi connectivity index (χ1n) is 9.30. The predicted octanol–water partition coefficient (Wildman–Crippen LogP) is 1.43. The largest absolute Gasteiger partial charge is 0.480 e. The predicted molar refractivity (Wildman–Crippen MR) is 102 cm³/mol. The van der Waals surface area contributed by atoms with Crippen LogP contribution in [-0.4, -0.2) is 51.4 Å². The fraction of sp³-hybridized carbons (Fsp3) is 0.333. The Morgan fingerprint density at radius 3 is 2.57 bits per heavy atom. The number of hydrogen-bond acceptors (Lipinski definition) is 4. The maximum absolute atomic E-state index is 13.1. The molecule has 1 fully saturated rings. The number of nitrogens with zero attached hydrogens (tertiary/aromatic N) is 2. The van der Waals surface area contributed by atoms with E-state index in [1.807, 2.05) is 30.3 Å². The van der Waals surface area contributed by atoms with Crippen molar-refractivity contribution in [3.8, 4) is 0 Å². The van der Waals surface area contributed by atoms with E-state index in [0.717, 1.165) is 11.1 Å². The molecule has 2 N–H and O–H groups in total. The van der Waals surface area contributed by atoms with E-state index < -0.39 is 18.1 Å². The summed E-state index contributed by atoms with van der Waals surface area (Å²) >= 11 is 0. The van der Waals surface area contributed by atoms with Crippen molar-refractivity contribution >= 4 is 17.8 Å². The lowest BCUT2D eigenvalue weighted by Crippen LogP contribution is -2.52. The highest BCUT2D eigenvalue weighted by molar-refractivity contribution is 5.91. The Kier molecular flexibility index (Phi) is 6.37. The van der Waals surface area contributed by atoms with E-state index >= 15 is 0 Å². The topological polar surface area (TPSA) is 99.6 Å². The van der Waals surface area contributed by atoms with Crippen LogP contribution in [0.4, 0.5) is 0 Å². The third-order valence-corrected chi connectivity index (χ3v) is 4.82. The van der Waals surface area contributed by atoms with Crippen molar-refractivity contribution in [2.24, 2.45) is 0 Å². The summed E-state index contributed by atoms with van der Waals surface area (Å²) in [6.45, 7) is 0.388. The van der Waals surface area contributed by atoms with E-state index in [1.54, 1.807) is 24.5 Å². The van der Waals surface area contributed by atoms with Gasteiger partial charge < -0.3 is 15.3 Å². The third-order valence-electron chi connectivity index (χ3n) is 4.82. The number of nitrogens with one attached hydrogen (secondary N) is 1. The zero-order valence-corrected chi connectivity index (χ0v) is 15.5. The van der Waals surface area contributed by atoms with E-state index in [-0.39, 0.29) is 18.2 Å². The monoisotopic (exact) mass is 381 g/mol. The summed E-state index contributed by atoms with van der Waals surface area (Å²) in [5.74, 6) is -1.66. The third kappa shape index (κ3) is 4.94. The molecule has 2 heterocycles. The number of carbonyl (C=O) groups excluding carboxylic acids is 2. The fourth-order valence-corrected chi connectivity index (χ4v) is 3.47. The van der Waals surface area contributed by atoms with Crippen LogP contribution in [0.3, 0.4) is 0 Å². The summed E-state index contributed by atoms with van der Waals surface area (Å²) in [6.07, 6.45) is 4.72.